The third-order valence-corrected chi connectivity index (χ3v) is 4.62. The maximum atomic E-state index is 11.1. The van der Waals surface area contributed by atoms with Gasteiger partial charge in [0.15, 0.2) is 0 Å². The van der Waals surface area contributed by atoms with Crippen molar-refractivity contribution in [3.63, 3.8) is 0 Å². The molecule has 1 aliphatic heterocycles. The molecule has 0 fully saturated rings. The number of likely N-dealkylation sites (N-methyl/N-ethyl adjacent to an activating group) is 1. The summed E-state index contributed by atoms with van der Waals surface area (Å²) in [6, 6.07) is 1.86. The monoisotopic (exact) mass is 280 g/mol. The Morgan fingerprint density at radius 1 is 1.42 bits per heavy atom. The second-order valence-electron chi connectivity index (χ2n) is 5.59. The molecule has 2 atom stereocenters. The van der Waals surface area contributed by atoms with E-state index in [2.05, 4.69) is 17.1 Å². The molecule has 1 aliphatic carbocycles. The summed E-state index contributed by atoms with van der Waals surface area (Å²) in [4.78, 5) is 13.4. The van der Waals surface area contributed by atoms with Gasteiger partial charge in [0.2, 0.25) is 0 Å². The largest absolute Gasteiger partial charge is 0.388 e. The predicted molar refractivity (Wildman–Crippen MR) is 75.0 cm³/mol. The average Bonchev–Trinajstić information content (AvgIpc) is 2.54. The van der Waals surface area contributed by atoms with Gasteiger partial charge in [0.1, 0.15) is 5.69 Å². The Balaban J connectivity index is 2.25. The fourth-order valence-electron chi connectivity index (χ4n) is 3.46. The Hall–Kier alpha value is -0.970. The van der Waals surface area contributed by atoms with E-state index in [1.165, 1.54) is 5.56 Å². The smallest absolute Gasteiger partial charge is 0.132 e. The molecule has 0 radical (unpaired) electrons. The van der Waals surface area contributed by atoms with Crippen molar-refractivity contribution in [3.8, 4) is 0 Å². The Kier molecular flexibility index (Phi) is 3.33. The molecular weight excluding hydrogens is 264 g/mol. The van der Waals surface area contributed by atoms with Gasteiger partial charge in [-0.2, -0.15) is 0 Å². The number of aliphatic hydroxyl groups excluding tert-OH is 1. The van der Waals surface area contributed by atoms with Crippen LogP contribution in [0.2, 0.25) is 5.02 Å². The lowest BCUT2D eigenvalue weighted by atomic mass is 9.78. The van der Waals surface area contributed by atoms with E-state index in [9.17, 15) is 10.0 Å². The molecule has 0 spiro atoms. The first kappa shape index (κ1) is 13.0. The normalized spacial score (nSPS) is 26.7. The second-order valence-corrected chi connectivity index (χ2v) is 5.99. The molecule has 1 aromatic carbocycles. The van der Waals surface area contributed by atoms with Gasteiger partial charge in [-0.25, -0.2) is 0 Å². The third-order valence-electron chi connectivity index (χ3n) is 4.33. The molecular formula is C14H17ClN2O2. The minimum Gasteiger partial charge on any atom is -0.388 e. The summed E-state index contributed by atoms with van der Waals surface area (Å²) in [5.41, 5.74) is 3.22. The number of rotatable bonds is 1. The number of nitroso groups, excluding NO2 is 1. The molecule has 2 aliphatic rings. The number of nitrogens with zero attached hydrogens (tertiary/aromatic N) is 2. The molecule has 4 nitrogen and oxygen atoms in total. The van der Waals surface area contributed by atoms with Crippen LogP contribution in [0.3, 0.4) is 0 Å². The van der Waals surface area contributed by atoms with Gasteiger partial charge in [0, 0.05) is 18.7 Å². The van der Waals surface area contributed by atoms with E-state index < -0.39 is 6.10 Å². The number of benzene rings is 1. The van der Waals surface area contributed by atoms with Crippen molar-refractivity contribution in [3.05, 3.63) is 32.7 Å². The number of hydrogen-bond acceptors (Lipinski definition) is 4. The molecule has 2 unspecified atom stereocenters. The second kappa shape index (κ2) is 4.85. The highest BCUT2D eigenvalue weighted by atomic mass is 35.5. The predicted octanol–water partition coefficient (Wildman–Crippen LogP) is 3.14. The molecule has 1 aromatic rings. The molecule has 0 aromatic heterocycles. The number of hydrogen-bond donors (Lipinski definition) is 1. The van der Waals surface area contributed by atoms with E-state index in [0.29, 0.717) is 22.9 Å². The van der Waals surface area contributed by atoms with Crippen LogP contribution in [0.4, 0.5) is 5.69 Å². The fourth-order valence-corrected chi connectivity index (χ4v) is 3.72. The Labute approximate surface area is 117 Å². The van der Waals surface area contributed by atoms with Gasteiger partial charge in [0.25, 0.3) is 0 Å². The Bertz CT molecular complexity index is 533. The van der Waals surface area contributed by atoms with Gasteiger partial charge < -0.3 is 10.0 Å². The minimum absolute atomic E-state index is 0.238. The standard InChI is InChI=1S/C14H17ClN2O2/c1-17-5-4-8-6-10(15)14(16-19)13-11(18)3-2-9(7-17)12(8)13/h6,9,11,18H,2-5,7H2,1H3. The summed E-state index contributed by atoms with van der Waals surface area (Å²) in [7, 11) is 2.11. The van der Waals surface area contributed by atoms with Crippen LogP contribution in [-0.2, 0) is 6.42 Å². The van der Waals surface area contributed by atoms with Crippen LogP contribution in [0.1, 0.15) is 41.6 Å². The van der Waals surface area contributed by atoms with Crippen LogP contribution in [0.25, 0.3) is 0 Å². The van der Waals surface area contributed by atoms with Crippen molar-refractivity contribution in [2.24, 2.45) is 5.18 Å². The van der Waals surface area contributed by atoms with Gasteiger partial charge in [-0.05, 0) is 54.6 Å². The molecule has 3 rings (SSSR count). The summed E-state index contributed by atoms with van der Waals surface area (Å²) in [6.07, 6.45) is 1.92. The molecule has 0 amide bonds. The summed E-state index contributed by atoms with van der Waals surface area (Å²) < 4.78 is 0. The van der Waals surface area contributed by atoms with E-state index in [4.69, 9.17) is 11.6 Å². The lowest BCUT2D eigenvalue weighted by Gasteiger charge is -2.31. The van der Waals surface area contributed by atoms with Crippen LogP contribution < -0.4 is 0 Å². The molecule has 1 N–H and O–H groups in total. The molecule has 19 heavy (non-hydrogen) atoms. The molecule has 1 heterocycles. The van der Waals surface area contributed by atoms with E-state index >= 15 is 0 Å². The summed E-state index contributed by atoms with van der Waals surface area (Å²) >= 11 is 6.15. The number of halogens is 1. The topological polar surface area (TPSA) is 52.9 Å². The van der Waals surface area contributed by atoms with Gasteiger partial charge in [0.05, 0.1) is 11.1 Å². The summed E-state index contributed by atoms with van der Waals surface area (Å²) in [5, 5.41) is 13.7. The van der Waals surface area contributed by atoms with Gasteiger partial charge in [-0.15, -0.1) is 4.91 Å². The van der Waals surface area contributed by atoms with E-state index in [0.717, 1.165) is 31.5 Å². The van der Waals surface area contributed by atoms with Crippen molar-refractivity contribution in [2.75, 3.05) is 20.1 Å². The van der Waals surface area contributed by atoms with E-state index in [1.807, 2.05) is 6.07 Å². The van der Waals surface area contributed by atoms with Crippen molar-refractivity contribution in [1.29, 1.82) is 0 Å². The molecule has 0 saturated carbocycles. The van der Waals surface area contributed by atoms with Crippen molar-refractivity contribution in [1.82, 2.24) is 4.90 Å². The van der Waals surface area contributed by atoms with Gasteiger partial charge >= 0.3 is 0 Å². The lowest BCUT2D eigenvalue weighted by molar-refractivity contribution is 0.147. The van der Waals surface area contributed by atoms with Crippen LogP contribution in [0.15, 0.2) is 11.2 Å². The summed E-state index contributed by atoms with van der Waals surface area (Å²) in [5.74, 6) is 0.374. The Morgan fingerprint density at radius 3 is 2.95 bits per heavy atom. The fraction of sp³-hybridized carbons (Fsp3) is 0.571. The van der Waals surface area contributed by atoms with Crippen LogP contribution in [0.5, 0.6) is 0 Å². The maximum Gasteiger partial charge on any atom is 0.132 e. The quantitative estimate of drug-likeness (QED) is 0.804. The van der Waals surface area contributed by atoms with E-state index in [-0.39, 0.29) is 5.69 Å². The van der Waals surface area contributed by atoms with Crippen molar-refractivity contribution < 1.29 is 5.11 Å². The maximum absolute atomic E-state index is 11.1. The van der Waals surface area contributed by atoms with Gasteiger partial charge in [-0.3, -0.25) is 0 Å². The summed E-state index contributed by atoms with van der Waals surface area (Å²) in [6.45, 7) is 1.94. The van der Waals surface area contributed by atoms with E-state index in [1.54, 1.807) is 0 Å². The molecule has 5 heteroatoms. The lowest BCUT2D eigenvalue weighted by Crippen LogP contribution is -2.26. The first-order valence-electron chi connectivity index (χ1n) is 6.67. The van der Waals surface area contributed by atoms with Crippen molar-refractivity contribution in [2.45, 2.75) is 31.3 Å². The molecule has 0 saturated heterocycles. The first-order chi connectivity index (χ1) is 9.11. The first-order valence-corrected chi connectivity index (χ1v) is 7.04. The highest BCUT2D eigenvalue weighted by molar-refractivity contribution is 6.33. The highest BCUT2D eigenvalue weighted by Crippen LogP contribution is 2.48. The SMILES string of the molecule is CN1CCc2cc(Cl)c(N=O)c3c2C(CCC3O)C1. The average molecular weight is 281 g/mol. The number of aliphatic hydroxyl groups is 1. The van der Waals surface area contributed by atoms with Crippen LogP contribution >= 0.6 is 11.6 Å². The zero-order valence-electron chi connectivity index (χ0n) is 10.9. The minimum atomic E-state index is -0.611. The van der Waals surface area contributed by atoms with Crippen LogP contribution in [0, 0.1) is 4.91 Å². The molecule has 102 valence electrons. The highest BCUT2D eigenvalue weighted by Gasteiger charge is 2.34. The Morgan fingerprint density at radius 2 is 2.21 bits per heavy atom. The van der Waals surface area contributed by atoms with Gasteiger partial charge in [-0.1, -0.05) is 11.6 Å². The third kappa shape index (κ3) is 2.08. The zero-order valence-corrected chi connectivity index (χ0v) is 11.7. The molecule has 0 bridgehead atoms. The van der Waals surface area contributed by atoms with Crippen molar-refractivity contribution >= 4 is 17.3 Å². The zero-order chi connectivity index (χ0) is 13.6. The van der Waals surface area contributed by atoms with Crippen LogP contribution in [-0.4, -0.2) is 30.1 Å².